The van der Waals surface area contributed by atoms with E-state index in [0.717, 1.165) is 6.07 Å². The maximum absolute atomic E-state index is 12.8. The van der Waals surface area contributed by atoms with Gasteiger partial charge in [0.25, 0.3) is 0 Å². The van der Waals surface area contributed by atoms with E-state index in [2.05, 4.69) is 9.28 Å². The summed E-state index contributed by atoms with van der Waals surface area (Å²) in [5.74, 6) is -1.59. The summed E-state index contributed by atoms with van der Waals surface area (Å²) < 4.78 is 102. The number of aromatic hydroxyl groups is 1. The van der Waals surface area contributed by atoms with E-state index < -0.39 is 60.4 Å². The second-order valence-corrected chi connectivity index (χ2v) is 7.09. The number of alkyl halides is 6. The van der Waals surface area contributed by atoms with Crippen LogP contribution in [-0.2, 0) is 20.5 Å². The molecule has 2 rings (SSSR count). The Morgan fingerprint density at radius 3 is 2.04 bits per heavy atom. The maximum Gasteiger partial charge on any atom is 0.537 e. The van der Waals surface area contributed by atoms with Crippen molar-refractivity contribution in [3.63, 3.8) is 0 Å². The predicted octanol–water partition coefficient (Wildman–Crippen LogP) is 4.00. The van der Waals surface area contributed by atoms with Gasteiger partial charge >= 0.3 is 22.7 Å². The Balaban J connectivity index is 2.75. The minimum absolute atomic E-state index is 0.0932. The Morgan fingerprint density at radius 2 is 1.64 bits per heavy atom. The van der Waals surface area contributed by atoms with E-state index in [1.165, 1.54) is 0 Å². The van der Waals surface area contributed by atoms with Gasteiger partial charge in [-0.1, -0.05) is 23.2 Å². The van der Waals surface area contributed by atoms with Gasteiger partial charge in [-0.15, -0.1) is 13.2 Å². The second-order valence-electron chi connectivity index (χ2n) is 4.79. The van der Waals surface area contributed by atoms with Gasteiger partial charge in [0.1, 0.15) is 11.8 Å². The van der Waals surface area contributed by atoms with E-state index in [1.54, 1.807) is 0 Å². The van der Waals surface area contributed by atoms with Gasteiger partial charge in [-0.25, -0.2) is 0 Å². The molecule has 152 valence electrons. The number of halogens is 8. The molecule has 0 atom stereocenters. The lowest BCUT2D eigenvalue weighted by atomic mass is 10.2. The summed E-state index contributed by atoms with van der Waals surface area (Å²) in [7, 11) is -5.78. The third kappa shape index (κ3) is 4.27. The Kier molecular flexibility index (Phi) is 5.52. The van der Waals surface area contributed by atoms with E-state index in [4.69, 9.17) is 28.5 Å². The summed E-state index contributed by atoms with van der Waals surface area (Å²) >= 11 is 11.3. The van der Waals surface area contributed by atoms with Crippen LogP contribution in [0.3, 0.4) is 0 Å². The molecule has 0 saturated heterocycles. The molecular weight excluding hydrogens is 467 g/mol. The molecule has 0 aliphatic carbocycles. The van der Waals surface area contributed by atoms with Crippen molar-refractivity contribution < 1.29 is 44.0 Å². The third-order valence-electron chi connectivity index (χ3n) is 2.93. The van der Waals surface area contributed by atoms with Gasteiger partial charge in [-0.05, 0) is 12.1 Å². The lowest BCUT2D eigenvalue weighted by Crippen LogP contribution is -2.20. The van der Waals surface area contributed by atoms with Crippen LogP contribution in [0, 0.1) is 11.3 Å². The van der Waals surface area contributed by atoms with Crippen LogP contribution in [0.1, 0.15) is 11.3 Å². The van der Waals surface area contributed by atoms with Crippen LogP contribution >= 0.6 is 23.2 Å². The summed E-state index contributed by atoms with van der Waals surface area (Å²) in [5, 5.41) is 20.5. The molecule has 0 radical (unpaired) electrons. The molecule has 0 aliphatic rings. The first kappa shape index (κ1) is 22.1. The molecule has 28 heavy (non-hydrogen) atoms. The molecule has 16 heteroatoms. The van der Waals surface area contributed by atoms with Crippen molar-refractivity contribution in [2.75, 3.05) is 0 Å². The summed E-state index contributed by atoms with van der Waals surface area (Å²) in [4.78, 5) is -1.68. The zero-order chi connectivity index (χ0) is 21.7. The van der Waals surface area contributed by atoms with Crippen LogP contribution in [0.25, 0.3) is 5.69 Å². The summed E-state index contributed by atoms with van der Waals surface area (Å²) in [6, 6.07) is 1.80. The molecule has 0 bridgehead atoms. The first-order valence-electron chi connectivity index (χ1n) is 6.39. The highest BCUT2D eigenvalue weighted by molar-refractivity contribution is 7.87. The Labute approximate surface area is 161 Å². The summed E-state index contributed by atoms with van der Waals surface area (Å²) in [6.07, 6.45) is -10.6. The lowest BCUT2D eigenvalue weighted by molar-refractivity contribution is -0.271. The fraction of sp³-hybridized carbons (Fsp3) is 0.167. The van der Waals surface area contributed by atoms with Crippen molar-refractivity contribution in [2.24, 2.45) is 0 Å². The standard InChI is InChI=1S/C12H3Cl2F6N3O4S/c13-5-1-4(11(15,16)17)2-6(14)8(5)23-10(24)9(7(3-21)22-23)28(25,26)27-12(18,19)20/h1-2,24H. The highest BCUT2D eigenvalue weighted by Gasteiger charge is 2.42. The van der Waals surface area contributed by atoms with Crippen LogP contribution in [0.2, 0.25) is 10.0 Å². The number of hydrogen-bond donors (Lipinski definition) is 1. The Morgan fingerprint density at radius 1 is 1.14 bits per heavy atom. The minimum atomic E-state index is -5.78. The van der Waals surface area contributed by atoms with Gasteiger partial charge in [0.2, 0.25) is 5.88 Å². The molecule has 0 spiro atoms. The fourth-order valence-electron chi connectivity index (χ4n) is 1.95. The highest BCUT2D eigenvalue weighted by Crippen LogP contribution is 2.40. The van der Waals surface area contributed by atoms with E-state index in [0.29, 0.717) is 12.1 Å². The topological polar surface area (TPSA) is 105 Å². The molecule has 1 N–H and O–H groups in total. The number of aromatic nitrogens is 2. The molecule has 0 saturated carbocycles. The molecule has 1 aromatic heterocycles. The zero-order valence-electron chi connectivity index (χ0n) is 12.6. The van der Waals surface area contributed by atoms with Crippen molar-refractivity contribution in [3.05, 3.63) is 33.4 Å². The quantitative estimate of drug-likeness (QED) is 0.537. The molecule has 1 heterocycles. The van der Waals surface area contributed by atoms with Gasteiger partial charge in [0.15, 0.2) is 10.6 Å². The number of rotatable bonds is 3. The van der Waals surface area contributed by atoms with Gasteiger partial charge < -0.3 is 5.11 Å². The van der Waals surface area contributed by atoms with Crippen molar-refractivity contribution in [1.29, 1.82) is 5.26 Å². The smallest absolute Gasteiger partial charge is 0.492 e. The van der Waals surface area contributed by atoms with Crippen molar-refractivity contribution in [1.82, 2.24) is 9.78 Å². The average molecular weight is 470 g/mol. The molecule has 0 aliphatic heterocycles. The lowest BCUT2D eigenvalue weighted by Gasteiger charge is -2.13. The number of nitriles is 1. The molecule has 0 amide bonds. The number of benzene rings is 1. The average Bonchev–Trinajstić information content (AvgIpc) is 2.80. The highest BCUT2D eigenvalue weighted by atomic mass is 35.5. The largest absolute Gasteiger partial charge is 0.537 e. The number of nitrogens with zero attached hydrogens (tertiary/aromatic N) is 3. The minimum Gasteiger partial charge on any atom is -0.492 e. The summed E-state index contributed by atoms with van der Waals surface area (Å²) in [6.45, 7) is 0. The third-order valence-corrected chi connectivity index (χ3v) is 4.80. The zero-order valence-corrected chi connectivity index (χ0v) is 14.9. The molecular formula is C12H3Cl2F6N3O4S. The second kappa shape index (κ2) is 6.99. The predicted molar refractivity (Wildman–Crippen MR) is 79.3 cm³/mol. The molecule has 7 nitrogen and oxygen atoms in total. The molecule has 0 fully saturated rings. The van der Waals surface area contributed by atoms with Crippen LogP contribution in [0.15, 0.2) is 17.0 Å². The first-order valence-corrected chi connectivity index (χ1v) is 8.56. The Hall–Kier alpha value is -2.21. The normalized spacial score (nSPS) is 12.8. The molecule has 2 aromatic rings. The Bertz CT molecular complexity index is 1070. The van der Waals surface area contributed by atoms with E-state index in [-0.39, 0.29) is 4.68 Å². The van der Waals surface area contributed by atoms with Crippen molar-refractivity contribution in [2.45, 2.75) is 17.4 Å². The van der Waals surface area contributed by atoms with E-state index in [9.17, 15) is 39.9 Å². The van der Waals surface area contributed by atoms with Crippen molar-refractivity contribution >= 4 is 33.3 Å². The summed E-state index contributed by atoms with van der Waals surface area (Å²) in [5.41, 5.74) is -3.29. The monoisotopic (exact) mass is 469 g/mol. The molecule has 0 unspecified atom stereocenters. The van der Waals surface area contributed by atoms with Crippen LogP contribution in [0.5, 0.6) is 5.88 Å². The van der Waals surface area contributed by atoms with Gasteiger partial charge in [0, 0.05) is 0 Å². The van der Waals surface area contributed by atoms with E-state index in [1.807, 2.05) is 0 Å². The van der Waals surface area contributed by atoms with Gasteiger partial charge in [0.05, 0.1) is 15.6 Å². The van der Waals surface area contributed by atoms with Gasteiger partial charge in [-0.2, -0.15) is 40.8 Å². The number of hydrogen-bond acceptors (Lipinski definition) is 6. The SMILES string of the molecule is N#Cc1nn(-c2c(Cl)cc(C(F)(F)F)cc2Cl)c(O)c1S(=O)(=O)OC(F)(F)F. The first-order chi connectivity index (χ1) is 12.6. The van der Waals surface area contributed by atoms with Gasteiger partial charge in [-0.3, -0.25) is 0 Å². The van der Waals surface area contributed by atoms with Crippen molar-refractivity contribution in [3.8, 4) is 17.6 Å². The maximum atomic E-state index is 12.8. The van der Waals surface area contributed by atoms with E-state index >= 15 is 0 Å². The molecule has 1 aromatic carbocycles. The fourth-order valence-corrected chi connectivity index (χ4v) is 3.56. The van der Waals surface area contributed by atoms with Crippen LogP contribution < -0.4 is 0 Å². The van der Waals surface area contributed by atoms with Crippen LogP contribution in [0.4, 0.5) is 26.3 Å². The van der Waals surface area contributed by atoms with Crippen LogP contribution in [-0.4, -0.2) is 29.7 Å².